The van der Waals surface area contributed by atoms with Gasteiger partial charge in [0.05, 0.1) is 12.8 Å². The Morgan fingerprint density at radius 1 is 1.25 bits per heavy atom. The molecule has 1 fully saturated rings. The van der Waals surface area contributed by atoms with Gasteiger partial charge in [-0.1, -0.05) is 24.3 Å². The summed E-state index contributed by atoms with van der Waals surface area (Å²) in [6, 6.07) is 13.5. The highest BCUT2D eigenvalue weighted by Gasteiger charge is 2.33. The van der Waals surface area contributed by atoms with Crippen LogP contribution in [0.5, 0.6) is 0 Å². The van der Waals surface area contributed by atoms with E-state index in [9.17, 15) is 14.4 Å². The maximum Gasteiger partial charge on any atom is 0.319 e. The fraction of sp³-hybridized carbons (Fsp3) is 0.304. The second-order valence-corrected chi connectivity index (χ2v) is 7.30. The molecule has 1 heterocycles. The van der Waals surface area contributed by atoms with Crippen LogP contribution in [0.25, 0.3) is 0 Å². The van der Waals surface area contributed by atoms with Crippen molar-refractivity contribution < 1.29 is 19.1 Å². The molecule has 9 nitrogen and oxygen atoms in total. The Balaban J connectivity index is 1.53. The number of carbonyl (C=O) groups excluding carboxylic acids is 3. The van der Waals surface area contributed by atoms with Crippen LogP contribution in [0.2, 0.25) is 0 Å². The molecule has 0 bridgehead atoms. The minimum Gasteiger partial charge on any atom is -0.466 e. The van der Waals surface area contributed by atoms with Gasteiger partial charge in [-0.05, 0) is 55.2 Å². The highest BCUT2D eigenvalue weighted by molar-refractivity contribution is 6.02. The van der Waals surface area contributed by atoms with E-state index in [1.54, 1.807) is 30.0 Å². The lowest BCUT2D eigenvalue weighted by Crippen LogP contribution is -2.43. The van der Waals surface area contributed by atoms with Crippen molar-refractivity contribution >= 4 is 35.5 Å². The van der Waals surface area contributed by atoms with E-state index in [1.165, 1.54) is 6.21 Å². The minimum absolute atomic E-state index is 0.163. The van der Waals surface area contributed by atoms with E-state index in [2.05, 4.69) is 15.7 Å². The SMILES string of the molecule is CCOC(=O)CCc1cccc(NC(=O)N[C@H]2CCN(c3ccc(C=NN)cc3)C2=O)c1. The molecular weight excluding hydrogens is 410 g/mol. The quantitative estimate of drug-likeness (QED) is 0.253. The molecule has 32 heavy (non-hydrogen) atoms. The maximum atomic E-state index is 12.8. The van der Waals surface area contributed by atoms with E-state index in [0.717, 1.165) is 16.8 Å². The number of benzene rings is 2. The summed E-state index contributed by atoms with van der Waals surface area (Å²) in [4.78, 5) is 38.4. The standard InChI is InChI=1S/C23H27N5O4/c1-2-32-21(29)11-8-16-4-3-5-18(14-16)26-23(31)27-20-12-13-28(22(20)30)19-9-6-17(7-10-19)15-25-24/h3-7,9-10,14-15,20H,2,8,11-13,24H2,1H3,(H2,26,27,31)/t20-/m0/s1. The van der Waals surface area contributed by atoms with Crippen LogP contribution >= 0.6 is 0 Å². The highest BCUT2D eigenvalue weighted by Crippen LogP contribution is 2.22. The lowest BCUT2D eigenvalue weighted by molar-refractivity contribution is -0.143. The molecule has 1 saturated heterocycles. The first-order chi connectivity index (χ1) is 15.5. The molecule has 3 amide bonds. The van der Waals surface area contributed by atoms with Gasteiger partial charge in [0.25, 0.3) is 0 Å². The number of nitrogens with zero attached hydrogens (tertiary/aromatic N) is 2. The molecule has 2 aromatic carbocycles. The zero-order valence-electron chi connectivity index (χ0n) is 17.9. The Labute approximate surface area is 186 Å². The van der Waals surface area contributed by atoms with E-state index in [-0.39, 0.29) is 18.3 Å². The van der Waals surface area contributed by atoms with Crippen molar-refractivity contribution in [3.05, 3.63) is 59.7 Å². The first-order valence-electron chi connectivity index (χ1n) is 10.5. The number of rotatable bonds is 8. The Morgan fingerprint density at radius 2 is 2.03 bits per heavy atom. The molecule has 2 aromatic rings. The van der Waals surface area contributed by atoms with Gasteiger partial charge in [-0.3, -0.25) is 9.59 Å². The third-order valence-electron chi connectivity index (χ3n) is 5.05. The van der Waals surface area contributed by atoms with Gasteiger partial charge in [0.1, 0.15) is 6.04 Å². The van der Waals surface area contributed by atoms with Crippen molar-refractivity contribution in [2.75, 3.05) is 23.4 Å². The number of amides is 3. The van der Waals surface area contributed by atoms with Crippen LogP contribution in [0.1, 0.15) is 30.9 Å². The Morgan fingerprint density at radius 3 is 2.75 bits per heavy atom. The smallest absolute Gasteiger partial charge is 0.319 e. The topological polar surface area (TPSA) is 126 Å². The predicted octanol–water partition coefficient (Wildman–Crippen LogP) is 2.40. The maximum absolute atomic E-state index is 12.8. The van der Waals surface area contributed by atoms with Crippen LogP contribution < -0.4 is 21.4 Å². The molecule has 0 unspecified atom stereocenters. The molecule has 0 saturated carbocycles. The number of aryl methyl sites for hydroxylation is 1. The van der Waals surface area contributed by atoms with Crippen molar-refractivity contribution in [2.24, 2.45) is 10.9 Å². The van der Waals surface area contributed by atoms with Crippen LogP contribution in [0.15, 0.2) is 53.6 Å². The van der Waals surface area contributed by atoms with E-state index in [4.69, 9.17) is 10.6 Å². The summed E-state index contributed by atoms with van der Waals surface area (Å²) in [5.74, 6) is 4.73. The number of nitrogens with one attached hydrogen (secondary N) is 2. The number of anilines is 2. The summed E-state index contributed by atoms with van der Waals surface area (Å²) < 4.78 is 4.93. The van der Waals surface area contributed by atoms with E-state index in [0.29, 0.717) is 31.7 Å². The number of urea groups is 1. The number of hydrazone groups is 1. The molecule has 1 aliphatic heterocycles. The van der Waals surface area contributed by atoms with Crippen LogP contribution in [0.4, 0.5) is 16.2 Å². The average molecular weight is 438 g/mol. The highest BCUT2D eigenvalue weighted by atomic mass is 16.5. The first kappa shape index (κ1) is 22.8. The molecule has 1 atom stereocenters. The minimum atomic E-state index is -0.604. The van der Waals surface area contributed by atoms with Gasteiger partial charge in [0.15, 0.2) is 0 Å². The summed E-state index contributed by atoms with van der Waals surface area (Å²) in [5.41, 5.74) is 3.08. The summed E-state index contributed by atoms with van der Waals surface area (Å²) in [6.07, 6.45) is 2.83. The van der Waals surface area contributed by atoms with E-state index >= 15 is 0 Å². The number of hydrogen-bond donors (Lipinski definition) is 3. The monoisotopic (exact) mass is 437 g/mol. The summed E-state index contributed by atoms with van der Waals surface area (Å²) in [6.45, 7) is 2.63. The van der Waals surface area contributed by atoms with Crippen molar-refractivity contribution in [3.63, 3.8) is 0 Å². The predicted molar refractivity (Wildman–Crippen MR) is 123 cm³/mol. The first-order valence-corrected chi connectivity index (χ1v) is 10.5. The third kappa shape index (κ3) is 6.07. The van der Waals surface area contributed by atoms with Crippen molar-refractivity contribution in [2.45, 2.75) is 32.2 Å². The molecule has 3 rings (SSSR count). The summed E-state index contributed by atoms with van der Waals surface area (Å²) >= 11 is 0. The van der Waals surface area contributed by atoms with Crippen LogP contribution in [-0.2, 0) is 20.7 Å². The molecule has 4 N–H and O–H groups in total. The molecule has 0 radical (unpaired) electrons. The second-order valence-electron chi connectivity index (χ2n) is 7.30. The fourth-order valence-corrected chi connectivity index (χ4v) is 3.51. The summed E-state index contributed by atoms with van der Waals surface area (Å²) in [5, 5.41) is 8.97. The van der Waals surface area contributed by atoms with Crippen LogP contribution in [-0.4, -0.2) is 43.3 Å². The van der Waals surface area contributed by atoms with Crippen LogP contribution in [0, 0.1) is 0 Å². The third-order valence-corrected chi connectivity index (χ3v) is 5.05. The lowest BCUT2D eigenvalue weighted by Gasteiger charge is -2.17. The zero-order chi connectivity index (χ0) is 22.9. The second kappa shape index (κ2) is 10.9. The van der Waals surface area contributed by atoms with Gasteiger partial charge in [-0.2, -0.15) is 5.10 Å². The lowest BCUT2D eigenvalue weighted by atomic mass is 10.1. The fourth-order valence-electron chi connectivity index (χ4n) is 3.51. The van der Waals surface area contributed by atoms with Gasteiger partial charge < -0.3 is 26.1 Å². The Hall–Kier alpha value is -3.88. The van der Waals surface area contributed by atoms with E-state index < -0.39 is 12.1 Å². The van der Waals surface area contributed by atoms with Crippen molar-refractivity contribution in [1.82, 2.24) is 5.32 Å². The van der Waals surface area contributed by atoms with Crippen molar-refractivity contribution in [3.8, 4) is 0 Å². The zero-order valence-corrected chi connectivity index (χ0v) is 17.9. The van der Waals surface area contributed by atoms with Crippen LogP contribution in [0.3, 0.4) is 0 Å². The number of esters is 1. The van der Waals surface area contributed by atoms with Gasteiger partial charge in [0.2, 0.25) is 5.91 Å². The molecule has 9 heteroatoms. The van der Waals surface area contributed by atoms with Gasteiger partial charge in [0, 0.05) is 24.3 Å². The van der Waals surface area contributed by atoms with E-state index in [1.807, 2.05) is 30.3 Å². The largest absolute Gasteiger partial charge is 0.466 e. The molecule has 168 valence electrons. The molecule has 0 aliphatic carbocycles. The van der Waals surface area contributed by atoms with Gasteiger partial charge >= 0.3 is 12.0 Å². The Bertz CT molecular complexity index is 990. The number of hydrogen-bond acceptors (Lipinski definition) is 6. The molecule has 0 spiro atoms. The Kier molecular flexibility index (Phi) is 7.80. The van der Waals surface area contributed by atoms with Gasteiger partial charge in [-0.15, -0.1) is 0 Å². The number of ether oxygens (including phenoxy) is 1. The summed E-state index contributed by atoms with van der Waals surface area (Å²) in [7, 11) is 0. The van der Waals surface area contributed by atoms with Gasteiger partial charge in [-0.25, -0.2) is 4.79 Å². The number of carbonyl (C=O) groups is 3. The average Bonchev–Trinajstić information content (AvgIpc) is 3.13. The van der Waals surface area contributed by atoms with Crippen molar-refractivity contribution in [1.29, 1.82) is 0 Å². The number of nitrogens with two attached hydrogens (primary N) is 1. The molecule has 0 aromatic heterocycles. The molecular formula is C23H27N5O4. The normalized spacial score (nSPS) is 15.7. The molecule has 1 aliphatic rings.